The molecule has 1 saturated heterocycles. The van der Waals surface area contributed by atoms with E-state index in [1.165, 1.54) is 0 Å². The molecule has 0 bridgehead atoms. The fourth-order valence-corrected chi connectivity index (χ4v) is 3.01. The maximum absolute atomic E-state index is 11.8. The van der Waals surface area contributed by atoms with Crippen molar-refractivity contribution in [2.75, 3.05) is 13.6 Å². The van der Waals surface area contributed by atoms with Gasteiger partial charge in [0, 0.05) is 18.1 Å². The number of amides is 1. The van der Waals surface area contributed by atoms with Crippen LogP contribution in [0, 0.1) is 0 Å². The van der Waals surface area contributed by atoms with Crippen LogP contribution in [0.1, 0.15) is 28.8 Å². The lowest BCUT2D eigenvalue weighted by Gasteiger charge is -2.23. The van der Waals surface area contributed by atoms with Gasteiger partial charge in [0.05, 0.1) is 11.6 Å². The molecule has 1 aliphatic heterocycles. The Morgan fingerprint density at radius 2 is 2.25 bits per heavy atom. The minimum Gasteiger partial charge on any atom is -0.478 e. The summed E-state index contributed by atoms with van der Waals surface area (Å²) in [5, 5.41) is 11.6. The molecule has 0 saturated carbocycles. The van der Waals surface area contributed by atoms with Gasteiger partial charge in [0.25, 0.3) is 0 Å². The molecule has 1 amide bonds. The lowest BCUT2D eigenvalue weighted by molar-refractivity contribution is -0.125. The van der Waals surface area contributed by atoms with Gasteiger partial charge in [-0.3, -0.25) is 9.69 Å². The molecule has 1 aromatic carbocycles. The molecule has 1 aromatic rings. The van der Waals surface area contributed by atoms with Crippen LogP contribution < -0.4 is 5.32 Å². The number of likely N-dealkylation sites (tertiary alicyclic amines) is 1. The maximum Gasteiger partial charge on any atom is 0.335 e. The molecule has 5 nitrogen and oxygen atoms in total. The van der Waals surface area contributed by atoms with E-state index in [-0.39, 0.29) is 17.5 Å². The summed E-state index contributed by atoms with van der Waals surface area (Å²) in [5.74, 6) is -0.901. The quantitative estimate of drug-likeness (QED) is 0.877. The second kappa shape index (κ2) is 6.37. The summed E-state index contributed by atoms with van der Waals surface area (Å²) in [6.07, 6.45) is 1.87. The Kier molecular flexibility index (Phi) is 4.77. The Labute approximate surface area is 126 Å². The second-order valence-corrected chi connectivity index (χ2v) is 5.71. The number of halogens is 1. The van der Waals surface area contributed by atoms with Crippen molar-refractivity contribution >= 4 is 27.8 Å². The first-order valence-electron chi connectivity index (χ1n) is 6.50. The lowest BCUT2D eigenvalue weighted by Crippen LogP contribution is -2.41. The fraction of sp³-hybridized carbons (Fsp3) is 0.429. The van der Waals surface area contributed by atoms with Gasteiger partial charge in [-0.2, -0.15) is 0 Å². The number of aromatic carboxylic acids is 1. The van der Waals surface area contributed by atoms with Crippen LogP contribution >= 0.6 is 15.9 Å². The van der Waals surface area contributed by atoms with E-state index < -0.39 is 5.97 Å². The van der Waals surface area contributed by atoms with Crippen LogP contribution in [0.5, 0.6) is 0 Å². The zero-order valence-corrected chi connectivity index (χ0v) is 12.8. The molecule has 2 rings (SSSR count). The van der Waals surface area contributed by atoms with Crippen molar-refractivity contribution < 1.29 is 14.7 Å². The summed E-state index contributed by atoms with van der Waals surface area (Å²) in [4.78, 5) is 24.8. The molecule has 1 fully saturated rings. The van der Waals surface area contributed by atoms with Crippen molar-refractivity contribution in [2.45, 2.75) is 25.4 Å². The molecule has 1 atom stereocenters. The third-order valence-corrected chi connectivity index (χ3v) is 4.32. The second-order valence-electron chi connectivity index (χ2n) is 4.85. The number of rotatable bonds is 4. The topological polar surface area (TPSA) is 69.6 Å². The molecule has 6 heteroatoms. The van der Waals surface area contributed by atoms with Gasteiger partial charge in [-0.1, -0.05) is 22.0 Å². The van der Waals surface area contributed by atoms with Gasteiger partial charge in [0.1, 0.15) is 0 Å². The van der Waals surface area contributed by atoms with Crippen LogP contribution in [0.2, 0.25) is 0 Å². The molecule has 1 unspecified atom stereocenters. The van der Waals surface area contributed by atoms with Crippen LogP contribution in [0.15, 0.2) is 22.7 Å². The number of carboxylic acid groups (broad SMARTS) is 1. The molecular weight excluding hydrogens is 324 g/mol. The Morgan fingerprint density at radius 1 is 1.50 bits per heavy atom. The first-order chi connectivity index (χ1) is 9.52. The molecule has 0 aromatic heterocycles. The Balaban J connectivity index is 2.13. The summed E-state index contributed by atoms with van der Waals surface area (Å²) in [6.45, 7) is 1.52. The van der Waals surface area contributed by atoms with Gasteiger partial charge in [0.2, 0.25) is 5.91 Å². The van der Waals surface area contributed by atoms with E-state index in [2.05, 4.69) is 26.1 Å². The predicted molar refractivity (Wildman–Crippen MR) is 78.6 cm³/mol. The third kappa shape index (κ3) is 3.19. The van der Waals surface area contributed by atoms with E-state index in [0.717, 1.165) is 29.4 Å². The van der Waals surface area contributed by atoms with Crippen molar-refractivity contribution in [2.24, 2.45) is 0 Å². The number of nitrogens with zero attached hydrogens (tertiary/aromatic N) is 1. The zero-order chi connectivity index (χ0) is 14.7. The number of hydrogen-bond donors (Lipinski definition) is 2. The van der Waals surface area contributed by atoms with E-state index in [1.807, 2.05) is 0 Å². The van der Waals surface area contributed by atoms with Gasteiger partial charge in [-0.25, -0.2) is 4.79 Å². The van der Waals surface area contributed by atoms with Gasteiger partial charge in [-0.05, 0) is 37.1 Å². The van der Waals surface area contributed by atoms with Crippen molar-refractivity contribution in [3.05, 3.63) is 33.8 Å². The molecule has 0 radical (unpaired) electrons. The minimum absolute atomic E-state index is 0.0424. The molecule has 20 heavy (non-hydrogen) atoms. The van der Waals surface area contributed by atoms with Crippen molar-refractivity contribution in [3.63, 3.8) is 0 Å². The number of benzene rings is 1. The number of nitrogens with one attached hydrogen (secondary N) is 1. The van der Waals surface area contributed by atoms with Gasteiger partial charge in [-0.15, -0.1) is 0 Å². The smallest absolute Gasteiger partial charge is 0.335 e. The number of carboxylic acids is 1. The van der Waals surface area contributed by atoms with Gasteiger partial charge in [0.15, 0.2) is 0 Å². The van der Waals surface area contributed by atoms with E-state index in [9.17, 15) is 9.59 Å². The van der Waals surface area contributed by atoms with E-state index in [4.69, 9.17) is 5.11 Å². The van der Waals surface area contributed by atoms with Crippen LogP contribution in [-0.4, -0.2) is 41.5 Å². The predicted octanol–water partition coefficient (Wildman–Crippen LogP) is 1.86. The zero-order valence-electron chi connectivity index (χ0n) is 11.2. The van der Waals surface area contributed by atoms with Crippen LogP contribution in [0.3, 0.4) is 0 Å². The molecule has 108 valence electrons. The minimum atomic E-state index is -0.943. The van der Waals surface area contributed by atoms with Gasteiger partial charge >= 0.3 is 5.97 Å². The summed E-state index contributed by atoms with van der Waals surface area (Å²) < 4.78 is 0.764. The first-order valence-corrected chi connectivity index (χ1v) is 7.29. The first kappa shape index (κ1) is 15.0. The third-order valence-electron chi connectivity index (χ3n) is 3.59. The standard InChI is InChI=1S/C14H17BrN2O3/c1-16-13(18)12-3-2-6-17(12)8-10-5-4-9(14(19)20)7-11(10)15/h4-5,7,12H,2-3,6,8H2,1H3,(H,16,18)(H,19,20). The van der Waals surface area contributed by atoms with E-state index >= 15 is 0 Å². The number of hydrogen-bond acceptors (Lipinski definition) is 3. The summed E-state index contributed by atoms with van der Waals surface area (Å²) in [7, 11) is 1.65. The van der Waals surface area contributed by atoms with Crippen molar-refractivity contribution in [1.82, 2.24) is 10.2 Å². The fourth-order valence-electron chi connectivity index (χ4n) is 2.51. The number of carbonyl (C=O) groups excluding carboxylic acids is 1. The van der Waals surface area contributed by atoms with Crippen LogP contribution in [0.25, 0.3) is 0 Å². The van der Waals surface area contributed by atoms with E-state index in [0.29, 0.717) is 6.54 Å². The average Bonchev–Trinajstić information content (AvgIpc) is 2.88. The largest absolute Gasteiger partial charge is 0.478 e. The Hall–Kier alpha value is -1.40. The van der Waals surface area contributed by atoms with E-state index in [1.54, 1.807) is 25.2 Å². The van der Waals surface area contributed by atoms with Gasteiger partial charge < -0.3 is 10.4 Å². The Bertz CT molecular complexity index is 533. The highest BCUT2D eigenvalue weighted by Crippen LogP contribution is 2.25. The molecule has 0 aliphatic carbocycles. The highest BCUT2D eigenvalue weighted by atomic mass is 79.9. The number of likely N-dealkylation sites (N-methyl/N-ethyl adjacent to an activating group) is 1. The maximum atomic E-state index is 11.8. The summed E-state index contributed by atoms with van der Waals surface area (Å²) in [5.41, 5.74) is 1.25. The molecule has 1 aliphatic rings. The SMILES string of the molecule is CNC(=O)C1CCCN1Cc1ccc(C(=O)O)cc1Br. The summed E-state index contributed by atoms with van der Waals surface area (Å²) >= 11 is 3.41. The monoisotopic (exact) mass is 340 g/mol. The highest BCUT2D eigenvalue weighted by molar-refractivity contribution is 9.10. The number of carbonyl (C=O) groups is 2. The van der Waals surface area contributed by atoms with Crippen LogP contribution in [-0.2, 0) is 11.3 Å². The van der Waals surface area contributed by atoms with Crippen molar-refractivity contribution in [1.29, 1.82) is 0 Å². The molecular formula is C14H17BrN2O3. The highest BCUT2D eigenvalue weighted by Gasteiger charge is 2.30. The lowest BCUT2D eigenvalue weighted by atomic mass is 10.1. The molecule has 2 N–H and O–H groups in total. The summed E-state index contributed by atoms with van der Waals surface area (Å²) in [6, 6.07) is 4.90. The Morgan fingerprint density at radius 3 is 2.85 bits per heavy atom. The van der Waals surface area contributed by atoms with Crippen LogP contribution in [0.4, 0.5) is 0 Å². The molecule has 1 heterocycles. The normalized spacial score (nSPS) is 19.0. The average molecular weight is 341 g/mol. The molecule has 0 spiro atoms. The van der Waals surface area contributed by atoms with Crippen molar-refractivity contribution in [3.8, 4) is 0 Å².